The van der Waals surface area contributed by atoms with Crippen molar-refractivity contribution in [3.63, 3.8) is 0 Å². The number of rotatable bonds is 8. The Hall–Kier alpha value is -9.19. The third-order valence-corrected chi connectivity index (χ3v) is 13.1. The molecule has 10 aromatic carbocycles. The van der Waals surface area contributed by atoms with E-state index in [1.165, 1.54) is 27.1 Å². The monoisotopic (exact) mass is 867 g/mol. The van der Waals surface area contributed by atoms with Crippen LogP contribution in [0.4, 0.5) is 0 Å². The molecule has 3 heterocycles. The average molecular weight is 868 g/mol. The molecule has 0 aliphatic rings. The van der Waals surface area contributed by atoms with Crippen LogP contribution in [0.25, 0.3) is 123 Å². The van der Waals surface area contributed by atoms with Crippen LogP contribution in [0.2, 0.25) is 0 Å². The first-order valence-corrected chi connectivity index (χ1v) is 23.0. The molecule has 0 atom stereocenters. The lowest BCUT2D eigenvalue weighted by Crippen LogP contribution is -2.06. The lowest BCUT2D eigenvalue weighted by molar-refractivity contribution is 1.07. The van der Waals surface area contributed by atoms with Crippen LogP contribution in [0.15, 0.2) is 249 Å². The molecule has 13 rings (SSSR count). The van der Waals surface area contributed by atoms with Crippen molar-refractivity contribution in [2.24, 2.45) is 0 Å². The highest BCUT2D eigenvalue weighted by Crippen LogP contribution is 2.47. The lowest BCUT2D eigenvalue weighted by Gasteiger charge is -2.22. The van der Waals surface area contributed by atoms with Gasteiger partial charge in [0.1, 0.15) is 0 Å². The summed E-state index contributed by atoms with van der Waals surface area (Å²) in [5, 5.41) is 4.72. The van der Waals surface area contributed by atoms with Gasteiger partial charge < -0.3 is 9.13 Å². The Morgan fingerprint density at radius 2 is 0.618 bits per heavy atom. The van der Waals surface area contributed by atoms with Crippen molar-refractivity contribution in [3.8, 4) is 78.9 Å². The van der Waals surface area contributed by atoms with Gasteiger partial charge in [-0.05, 0) is 70.3 Å². The predicted octanol–water partition coefficient (Wildman–Crippen LogP) is 16.1. The van der Waals surface area contributed by atoms with Crippen LogP contribution < -0.4 is 0 Å². The van der Waals surface area contributed by atoms with Crippen LogP contribution >= 0.6 is 0 Å². The Morgan fingerprint density at radius 3 is 1.12 bits per heavy atom. The molecule has 0 radical (unpaired) electrons. The van der Waals surface area contributed by atoms with Crippen molar-refractivity contribution in [3.05, 3.63) is 249 Å². The predicted molar refractivity (Wildman–Crippen MR) is 281 cm³/mol. The molecule has 13 aromatic rings. The van der Waals surface area contributed by atoms with Crippen molar-refractivity contribution >= 4 is 43.6 Å². The van der Waals surface area contributed by atoms with Gasteiger partial charge in [-0.1, -0.05) is 206 Å². The third kappa shape index (κ3) is 6.59. The summed E-state index contributed by atoms with van der Waals surface area (Å²) in [6, 6.07) is 88.5. The second-order valence-electron chi connectivity index (χ2n) is 17.2. The summed E-state index contributed by atoms with van der Waals surface area (Å²) in [5.41, 5.74) is 15.9. The molecule has 0 spiro atoms. The van der Waals surface area contributed by atoms with Crippen molar-refractivity contribution in [2.75, 3.05) is 0 Å². The van der Waals surface area contributed by atoms with Gasteiger partial charge in [-0.15, -0.1) is 0 Å². The fraction of sp³-hybridized carbons (Fsp3) is 0. The van der Waals surface area contributed by atoms with E-state index in [9.17, 15) is 0 Å². The first-order chi connectivity index (χ1) is 33.7. The Morgan fingerprint density at radius 1 is 0.250 bits per heavy atom. The van der Waals surface area contributed by atoms with Crippen molar-refractivity contribution < 1.29 is 0 Å². The van der Waals surface area contributed by atoms with Gasteiger partial charge in [0.15, 0.2) is 17.5 Å². The van der Waals surface area contributed by atoms with E-state index in [-0.39, 0.29) is 0 Å². The van der Waals surface area contributed by atoms with Gasteiger partial charge in [0, 0.05) is 43.8 Å². The first kappa shape index (κ1) is 39.2. The number of para-hydroxylation sites is 3. The highest BCUT2D eigenvalue weighted by atomic mass is 15.1. The quantitative estimate of drug-likeness (QED) is 0.153. The minimum Gasteiger partial charge on any atom is -0.309 e. The Labute approximate surface area is 393 Å². The summed E-state index contributed by atoms with van der Waals surface area (Å²) in [4.78, 5) is 15.8. The molecule has 0 amide bonds. The highest BCUT2D eigenvalue weighted by Gasteiger charge is 2.26. The summed E-state index contributed by atoms with van der Waals surface area (Å²) in [6.07, 6.45) is 0. The van der Waals surface area contributed by atoms with Gasteiger partial charge >= 0.3 is 0 Å². The normalized spacial score (nSPS) is 11.5. The topological polar surface area (TPSA) is 48.5 Å². The number of fused-ring (bicyclic) bond motifs is 6. The minimum atomic E-state index is 0.580. The van der Waals surface area contributed by atoms with E-state index >= 15 is 0 Å². The number of hydrogen-bond acceptors (Lipinski definition) is 3. The van der Waals surface area contributed by atoms with Crippen molar-refractivity contribution in [2.45, 2.75) is 0 Å². The van der Waals surface area contributed by atoms with Crippen LogP contribution in [0.3, 0.4) is 0 Å². The standard InChI is InChI=1S/C63H41N5/c1-6-22-42(23-7-1)47-38-52(43-24-8-2-9-25-43)60-51-34-18-21-37-55(51)68(58(60)39-47)57-41-48(63-65-61(45-28-12-4-13-29-45)64-62(66-63)46-30-14-5-15-31-46)40-56(59(57)44-26-10-3-11-27-44)67-53-35-19-16-32-49(53)50-33-17-20-36-54(50)67/h1-41H. The molecule has 0 saturated carbocycles. The van der Waals surface area contributed by atoms with Crippen molar-refractivity contribution in [1.82, 2.24) is 24.1 Å². The smallest absolute Gasteiger partial charge is 0.164 e. The molecule has 5 heteroatoms. The second-order valence-corrected chi connectivity index (χ2v) is 17.2. The Kier molecular flexibility index (Phi) is 9.43. The maximum atomic E-state index is 5.36. The third-order valence-electron chi connectivity index (χ3n) is 13.1. The molecule has 0 aliphatic carbocycles. The van der Waals surface area contributed by atoms with Gasteiger partial charge in [0.2, 0.25) is 0 Å². The molecular weight excluding hydrogens is 827 g/mol. The molecule has 0 bridgehead atoms. The molecule has 0 saturated heterocycles. The molecule has 0 N–H and O–H groups in total. The average Bonchev–Trinajstić information content (AvgIpc) is 3.94. The van der Waals surface area contributed by atoms with E-state index in [0.717, 1.165) is 77.9 Å². The molecule has 0 fully saturated rings. The number of aromatic nitrogens is 5. The molecule has 318 valence electrons. The summed E-state index contributed by atoms with van der Waals surface area (Å²) >= 11 is 0. The molecule has 5 nitrogen and oxygen atoms in total. The lowest BCUT2D eigenvalue weighted by atomic mass is 9.94. The summed E-state index contributed by atoms with van der Waals surface area (Å²) < 4.78 is 4.93. The van der Waals surface area contributed by atoms with Crippen LogP contribution in [-0.4, -0.2) is 24.1 Å². The summed E-state index contributed by atoms with van der Waals surface area (Å²) in [6.45, 7) is 0. The van der Waals surface area contributed by atoms with Crippen LogP contribution in [0, 0.1) is 0 Å². The zero-order valence-corrected chi connectivity index (χ0v) is 36.9. The van der Waals surface area contributed by atoms with Gasteiger partial charge in [0.05, 0.1) is 33.4 Å². The van der Waals surface area contributed by atoms with E-state index in [2.05, 4.69) is 221 Å². The number of benzene rings is 10. The molecule has 68 heavy (non-hydrogen) atoms. The largest absolute Gasteiger partial charge is 0.309 e. The number of nitrogens with zero attached hydrogens (tertiary/aromatic N) is 5. The van der Waals surface area contributed by atoms with Crippen LogP contribution in [-0.2, 0) is 0 Å². The van der Waals surface area contributed by atoms with Crippen molar-refractivity contribution in [1.29, 1.82) is 0 Å². The summed E-state index contributed by atoms with van der Waals surface area (Å²) in [7, 11) is 0. The van der Waals surface area contributed by atoms with Gasteiger partial charge in [-0.2, -0.15) is 0 Å². The maximum absolute atomic E-state index is 5.36. The van der Waals surface area contributed by atoms with E-state index in [4.69, 9.17) is 15.0 Å². The fourth-order valence-electron chi connectivity index (χ4n) is 10.1. The zero-order valence-electron chi connectivity index (χ0n) is 36.9. The first-order valence-electron chi connectivity index (χ1n) is 23.0. The molecular formula is C63H41N5. The minimum absolute atomic E-state index is 0.580. The Balaban J connectivity index is 1.23. The van der Waals surface area contributed by atoms with Gasteiger partial charge in [-0.25, -0.2) is 15.0 Å². The van der Waals surface area contributed by atoms with Gasteiger partial charge in [-0.3, -0.25) is 0 Å². The molecule has 0 aliphatic heterocycles. The van der Waals surface area contributed by atoms with Crippen LogP contribution in [0.1, 0.15) is 0 Å². The van der Waals surface area contributed by atoms with E-state index in [1.807, 2.05) is 36.4 Å². The van der Waals surface area contributed by atoms with E-state index < -0.39 is 0 Å². The van der Waals surface area contributed by atoms with Crippen LogP contribution in [0.5, 0.6) is 0 Å². The fourth-order valence-corrected chi connectivity index (χ4v) is 10.1. The highest BCUT2D eigenvalue weighted by molar-refractivity contribution is 6.18. The second kappa shape index (κ2) is 16.4. The molecule has 0 unspecified atom stereocenters. The maximum Gasteiger partial charge on any atom is 0.164 e. The van der Waals surface area contributed by atoms with E-state index in [1.54, 1.807) is 0 Å². The summed E-state index contributed by atoms with van der Waals surface area (Å²) in [5.74, 6) is 1.80. The zero-order chi connectivity index (χ0) is 45.0. The van der Waals surface area contributed by atoms with E-state index in [0.29, 0.717) is 17.5 Å². The van der Waals surface area contributed by atoms with Gasteiger partial charge in [0.25, 0.3) is 0 Å². The Bertz CT molecular complexity index is 3880. The molecule has 3 aromatic heterocycles. The SMILES string of the molecule is c1ccc(-c2cc(-c3ccccc3)c3c4ccccc4n(-c4cc(-c5nc(-c6ccccc6)nc(-c6ccccc6)n5)cc(-n5c6ccccc6c6ccccc65)c4-c4ccccc4)c3c2)cc1. The number of hydrogen-bond donors (Lipinski definition) is 0.